The highest BCUT2D eigenvalue weighted by atomic mass is 16.2. The lowest BCUT2D eigenvalue weighted by molar-refractivity contribution is -0.120. The van der Waals surface area contributed by atoms with Crippen LogP contribution in [0.2, 0.25) is 0 Å². The van der Waals surface area contributed by atoms with Crippen LogP contribution in [0.15, 0.2) is 47.5 Å². The Labute approximate surface area is 136 Å². The molecular formula is C15H15N7O2. The third-order valence-corrected chi connectivity index (χ3v) is 4.17. The van der Waals surface area contributed by atoms with Gasteiger partial charge in [0.1, 0.15) is 5.54 Å². The molecule has 9 heteroatoms. The van der Waals surface area contributed by atoms with Gasteiger partial charge in [0.25, 0.3) is 5.91 Å². The van der Waals surface area contributed by atoms with Gasteiger partial charge in [-0.3, -0.25) is 10.1 Å². The van der Waals surface area contributed by atoms with Gasteiger partial charge >= 0.3 is 5.69 Å². The van der Waals surface area contributed by atoms with Gasteiger partial charge < -0.3 is 0 Å². The van der Waals surface area contributed by atoms with Crippen molar-refractivity contribution in [2.75, 3.05) is 5.32 Å². The van der Waals surface area contributed by atoms with Gasteiger partial charge in [-0.15, -0.1) is 10.2 Å². The molecule has 4 rings (SSSR count). The third kappa shape index (κ3) is 2.13. The molecule has 0 atom stereocenters. The molecule has 1 saturated carbocycles. The molecular weight excluding hydrogens is 310 g/mol. The van der Waals surface area contributed by atoms with Gasteiger partial charge in [0.2, 0.25) is 5.95 Å². The lowest BCUT2D eigenvalue weighted by atomic mass is 10.2. The number of rotatable bonds is 4. The Kier molecular flexibility index (Phi) is 3.08. The first-order chi connectivity index (χ1) is 11.6. The van der Waals surface area contributed by atoms with Crippen molar-refractivity contribution in [3.8, 4) is 5.69 Å². The summed E-state index contributed by atoms with van der Waals surface area (Å²) in [6.45, 7) is 0. The zero-order chi connectivity index (χ0) is 16.7. The number of carbonyl (C=O) groups excluding carboxylic acids is 1. The van der Waals surface area contributed by atoms with Crippen LogP contribution in [0, 0.1) is 0 Å². The molecule has 1 aliphatic carbocycles. The van der Waals surface area contributed by atoms with Gasteiger partial charge in [0.05, 0.1) is 11.9 Å². The number of aromatic nitrogens is 6. The Morgan fingerprint density at radius 2 is 2.00 bits per heavy atom. The van der Waals surface area contributed by atoms with Crippen molar-refractivity contribution < 1.29 is 4.79 Å². The smallest absolute Gasteiger partial charge is 0.292 e. The molecule has 0 saturated heterocycles. The first kappa shape index (κ1) is 14.4. The molecule has 1 aliphatic rings. The minimum Gasteiger partial charge on any atom is -0.292 e. The number of hydrogen-bond acceptors (Lipinski definition) is 5. The van der Waals surface area contributed by atoms with Crippen LogP contribution in [0.1, 0.15) is 12.8 Å². The molecule has 3 aromatic rings. The van der Waals surface area contributed by atoms with E-state index in [2.05, 4.69) is 20.7 Å². The van der Waals surface area contributed by atoms with E-state index in [0.29, 0.717) is 18.5 Å². The molecule has 0 aliphatic heterocycles. The molecule has 9 nitrogen and oxygen atoms in total. The number of anilines is 1. The third-order valence-electron chi connectivity index (χ3n) is 4.17. The predicted molar refractivity (Wildman–Crippen MR) is 84.7 cm³/mol. The zero-order valence-electron chi connectivity index (χ0n) is 13.0. The summed E-state index contributed by atoms with van der Waals surface area (Å²) < 4.78 is 4.11. The van der Waals surface area contributed by atoms with Crippen LogP contribution >= 0.6 is 0 Å². The van der Waals surface area contributed by atoms with E-state index in [-0.39, 0.29) is 17.5 Å². The highest BCUT2D eigenvalue weighted by molar-refractivity contribution is 5.97. The fraction of sp³-hybridized carbons (Fsp3) is 0.267. The van der Waals surface area contributed by atoms with Crippen LogP contribution in [-0.2, 0) is 17.4 Å². The second-order valence-corrected chi connectivity index (χ2v) is 5.73. The van der Waals surface area contributed by atoms with E-state index in [1.807, 2.05) is 18.2 Å². The number of aryl methyl sites for hydroxylation is 1. The molecule has 0 spiro atoms. The Morgan fingerprint density at radius 3 is 2.62 bits per heavy atom. The molecule has 1 aromatic carbocycles. The molecule has 2 heterocycles. The quantitative estimate of drug-likeness (QED) is 0.743. The minimum absolute atomic E-state index is 0.185. The van der Waals surface area contributed by atoms with E-state index >= 15 is 0 Å². The standard InChI is InChI=1S/C15H15N7O2/c1-20-14(24)22(11-5-3-2-4-6-11)13(18-20)17-12(23)15(7-8-15)21-10-9-16-19-21/h2-6,9-10H,7-8H2,1H3,(H,17,18,23). The molecule has 2 aromatic heterocycles. The summed E-state index contributed by atoms with van der Waals surface area (Å²) in [5.74, 6) is -0.0686. The fourth-order valence-corrected chi connectivity index (χ4v) is 2.69. The number of amides is 1. The first-order valence-electron chi connectivity index (χ1n) is 7.51. The summed E-state index contributed by atoms with van der Waals surface area (Å²) >= 11 is 0. The Balaban J connectivity index is 1.70. The predicted octanol–water partition coefficient (Wildman–Crippen LogP) is 0.290. The Hall–Kier alpha value is -3.23. The Bertz CT molecular complexity index is 936. The molecule has 0 unspecified atom stereocenters. The summed E-state index contributed by atoms with van der Waals surface area (Å²) in [7, 11) is 1.54. The SMILES string of the molecule is Cn1nc(NC(=O)C2(n3ccnn3)CC2)n(-c2ccccc2)c1=O. The van der Waals surface area contributed by atoms with E-state index in [1.165, 1.54) is 15.4 Å². The molecule has 0 radical (unpaired) electrons. The number of nitrogens with one attached hydrogen (secondary N) is 1. The number of nitrogens with zero attached hydrogens (tertiary/aromatic N) is 6. The highest BCUT2D eigenvalue weighted by Gasteiger charge is 2.53. The molecule has 24 heavy (non-hydrogen) atoms. The normalized spacial score (nSPS) is 15.2. The van der Waals surface area contributed by atoms with Crippen molar-refractivity contribution in [2.24, 2.45) is 7.05 Å². The van der Waals surface area contributed by atoms with E-state index in [4.69, 9.17) is 0 Å². The summed E-state index contributed by atoms with van der Waals surface area (Å²) in [6.07, 6.45) is 4.54. The van der Waals surface area contributed by atoms with Gasteiger partial charge in [0.15, 0.2) is 0 Å². The van der Waals surface area contributed by atoms with E-state index in [1.54, 1.807) is 30.1 Å². The molecule has 1 N–H and O–H groups in total. The average molecular weight is 325 g/mol. The first-order valence-corrected chi connectivity index (χ1v) is 7.51. The van der Waals surface area contributed by atoms with E-state index in [0.717, 1.165) is 0 Å². The molecule has 122 valence electrons. The number of benzene rings is 1. The second-order valence-electron chi connectivity index (χ2n) is 5.73. The van der Waals surface area contributed by atoms with Crippen molar-refractivity contribution in [1.29, 1.82) is 0 Å². The molecule has 0 bridgehead atoms. The lowest BCUT2D eigenvalue weighted by Gasteiger charge is -2.14. The van der Waals surface area contributed by atoms with Crippen LogP contribution in [0.3, 0.4) is 0 Å². The summed E-state index contributed by atoms with van der Waals surface area (Å²) in [5.41, 5.74) is -0.440. The Morgan fingerprint density at radius 1 is 1.25 bits per heavy atom. The average Bonchev–Trinajstić information content (AvgIpc) is 3.12. The number of hydrogen-bond donors (Lipinski definition) is 1. The summed E-state index contributed by atoms with van der Waals surface area (Å²) in [6, 6.07) is 9.05. The van der Waals surface area contributed by atoms with Crippen LogP contribution in [0.25, 0.3) is 5.69 Å². The van der Waals surface area contributed by atoms with E-state index in [9.17, 15) is 9.59 Å². The maximum absolute atomic E-state index is 12.7. The van der Waals surface area contributed by atoms with Crippen molar-refractivity contribution in [3.05, 3.63) is 53.2 Å². The highest BCUT2D eigenvalue weighted by Crippen LogP contribution is 2.43. The number of para-hydroxylation sites is 1. The monoisotopic (exact) mass is 325 g/mol. The van der Waals surface area contributed by atoms with Crippen LogP contribution in [0.5, 0.6) is 0 Å². The zero-order valence-corrected chi connectivity index (χ0v) is 13.0. The maximum atomic E-state index is 12.7. The topological polar surface area (TPSA) is 99.6 Å². The maximum Gasteiger partial charge on any atom is 0.351 e. The largest absolute Gasteiger partial charge is 0.351 e. The molecule has 1 amide bonds. The second kappa shape index (κ2) is 5.15. The van der Waals surface area contributed by atoms with Gasteiger partial charge in [-0.1, -0.05) is 23.4 Å². The van der Waals surface area contributed by atoms with Crippen LogP contribution in [-0.4, -0.2) is 35.2 Å². The number of carbonyl (C=O) groups is 1. The fourth-order valence-electron chi connectivity index (χ4n) is 2.69. The van der Waals surface area contributed by atoms with E-state index < -0.39 is 5.54 Å². The van der Waals surface area contributed by atoms with Crippen LogP contribution in [0.4, 0.5) is 5.95 Å². The van der Waals surface area contributed by atoms with Crippen molar-refractivity contribution in [3.63, 3.8) is 0 Å². The van der Waals surface area contributed by atoms with Crippen LogP contribution < -0.4 is 11.0 Å². The summed E-state index contributed by atoms with van der Waals surface area (Å²) in [4.78, 5) is 25.1. The van der Waals surface area contributed by atoms with Gasteiger partial charge in [-0.2, -0.15) is 0 Å². The van der Waals surface area contributed by atoms with Crippen molar-refractivity contribution in [1.82, 2.24) is 29.3 Å². The van der Waals surface area contributed by atoms with Gasteiger partial charge in [0, 0.05) is 13.2 Å². The van der Waals surface area contributed by atoms with Gasteiger partial charge in [-0.05, 0) is 25.0 Å². The minimum atomic E-state index is -0.744. The lowest BCUT2D eigenvalue weighted by Crippen LogP contribution is -2.35. The molecule has 1 fully saturated rings. The summed E-state index contributed by atoms with van der Waals surface area (Å²) in [5, 5.41) is 14.6. The van der Waals surface area contributed by atoms with Gasteiger partial charge in [-0.25, -0.2) is 18.7 Å². The van der Waals surface area contributed by atoms with Crippen molar-refractivity contribution >= 4 is 11.9 Å². The van der Waals surface area contributed by atoms with Crippen molar-refractivity contribution in [2.45, 2.75) is 18.4 Å².